The summed E-state index contributed by atoms with van der Waals surface area (Å²) in [5.74, 6) is -0.467. The maximum absolute atomic E-state index is 11.5. The van der Waals surface area contributed by atoms with Gasteiger partial charge in [0.15, 0.2) is 0 Å². The number of hydrogen-bond acceptors (Lipinski definition) is 3. The van der Waals surface area contributed by atoms with Crippen LogP contribution in [-0.4, -0.2) is 30.4 Å². The highest BCUT2D eigenvalue weighted by molar-refractivity contribution is 6.29. The van der Waals surface area contributed by atoms with E-state index in [4.69, 9.17) is 11.6 Å². The van der Waals surface area contributed by atoms with Crippen LogP contribution >= 0.6 is 11.6 Å². The van der Waals surface area contributed by atoms with Crippen molar-refractivity contribution in [3.63, 3.8) is 0 Å². The van der Waals surface area contributed by atoms with Crippen LogP contribution in [0.3, 0.4) is 0 Å². The fourth-order valence-electron chi connectivity index (χ4n) is 1.04. The van der Waals surface area contributed by atoms with Crippen molar-refractivity contribution in [2.75, 3.05) is 13.6 Å². The predicted molar refractivity (Wildman–Crippen MR) is 60.3 cm³/mol. The molecule has 0 atom stereocenters. The lowest BCUT2D eigenvalue weighted by Crippen LogP contribution is -2.29. The van der Waals surface area contributed by atoms with E-state index in [0.29, 0.717) is 0 Å². The topological polar surface area (TPSA) is 71.1 Å². The van der Waals surface area contributed by atoms with E-state index in [2.05, 4.69) is 15.6 Å². The van der Waals surface area contributed by atoms with Crippen molar-refractivity contribution in [3.05, 3.63) is 29.0 Å². The van der Waals surface area contributed by atoms with Crippen LogP contribution in [0.4, 0.5) is 0 Å². The number of pyridine rings is 1. The molecule has 0 aliphatic rings. The van der Waals surface area contributed by atoms with E-state index in [9.17, 15) is 9.59 Å². The lowest BCUT2D eigenvalue weighted by atomic mass is 10.3. The molecule has 6 heteroatoms. The van der Waals surface area contributed by atoms with Gasteiger partial charge in [-0.3, -0.25) is 9.59 Å². The number of nitrogens with zero attached hydrogens (tertiary/aromatic N) is 1. The first-order chi connectivity index (χ1) is 7.63. The summed E-state index contributed by atoms with van der Waals surface area (Å²) < 4.78 is 0. The Morgan fingerprint density at radius 3 is 2.81 bits per heavy atom. The SMILES string of the molecule is CNC(=O)CCNC(=O)c1cccc(Cl)n1. The minimum absolute atomic E-state index is 0.126. The zero-order chi connectivity index (χ0) is 12.0. The number of amides is 2. The van der Waals surface area contributed by atoms with E-state index in [0.717, 1.165) is 0 Å². The maximum atomic E-state index is 11.5. The average Bonchev–Trinajstić information content (AvgIpc) is 2.28. The zero-order valence-electron chi connectivity index (χ0n) is 8.79. The number of halogens is 1. The molecule has 0 aliphatic carbocycles. The second-order valence-corrected chi connectivity index (χ2v) is 3.41. The van der Waals surface area contributed by atoms with Crippen LogP contribution in [0.2, 0.25) is 5.15 Å². The molecule has 0 aromatic carbocycles. The minimum atomic E-state index is -0.341. The zero-order valence-corrected chi connectivity index (χ0v) is 9.54. The second kappa shape index (κ2) is 6.07. The molecule has 1 rings (SSSR count). The van der Waals surface area contributed by atoms with E-state index in [-0.39, 0.29) is 35.6 Å². The fraction of sp³-hybridized carbons (Fsp3) is 0.300. The largest absolute Gasteiger partial charge is 0.359 e. The van der Waals surface area contributed by atoms with E-state index in [1.165, 1.54) is 0 Å². The Bertz CT molecular complexity index is 395. The molecule has 2 amide bonds. The van der Waals surface area contributed by atoms with Gasteiger partial charge in [-0.25, -0.2) is 4.98 Å². The van der Waals surface area contributed by atoms with Gasteiger partial charge in [0.2, 0.25) is 5.91 Å². The smallest absolute Gasteiger partial charge is 0.269 e. The Labute approximate surface area is 98.2 Å². The van der Waals surface area contributed by atoms with Crippen molar-refractivity contribution in [2.45, 2.75) is 6.42 Å². The summed E-state index contributed by atoms with van der Waals surface area (Å²) in [6.45, 7) is 0.271. The molecule has 2 N–H and O–H groups in total. The highest BCUT2D eigenvalue weighted by Crippen LogP contribution is 2.04. The third kappa shape index (κ3) is 3.86. The van der Waals surface area contributed by atoms with Gasteiger partial charge in [0.1, 0.15) is 10.8 Å². The van der Waals surface area contributed by atoms with E-state index < -0.39 is 0 Å². The molecule has 16 heavy (non-hydrogen) atoms. The van der Waals surface area contributed by atoms with Gasteiger partial charge in [0.25, 0.3) is 5.91 Å². The highest BCUT2D eigenvalue weighted by atomic mass is 35.5. The normalized spacial score (nSPS) is 9.62. The molecule has 0 saturated heterocycles. The molecule has 86 valence electrons. The van der Waals surface area contributed by atoms with Crippen molar-refractivity contribution in [3.8, 4) is 0 Å². The Morgan fingerprint density at radius 2 is 2.19 bits per heavy atom. The number of hydrogen-bond donors (Lipinski definition) is 2. The number of nitrogens with one attached hydrogen (secondary N) is 2. The molecule has 0 saturated carbocycles. The van der Waals surface area contributed by atoms with Gasteiger partial charge in [-0.2, -0.15) is 0 Å². The summed E-state index contributed by atoms with van der Waals surface area (Å²) in [7, 11) is 1.54. The van der Waals surface area contributed by atoms with Crippen LogP contribution in [0.15, 0.2) is 18.2 Å². The van der Waals surface area contributed by atoms with Gasteiger partial charge in [0.05, 0.1) is 0 Å². The first kappa shape index (κ1) is 12.4. The minimum Gasteiger partial charge on any atom is -0.359 e. The fourth-order valence-corrected chi connectivity index (χ4v) is 1.20. The van der Waals surface area contributed by atoms with Crippen LogP contribution in [0.1, 0.15) is 16.9 Å². The summed E-state index contributed by atoms with van der Waals surface area (Å²) in [6, 6.07) is 4.78. The molecule has 0 fully saturated rings. The van der Waals surface area contributed by atoms with Gasteiger partial charge in [0, 0.05) is 20.0 Å². The van der Waals surface area contributed by atoms with Crippen molar-refractivity contribution in [2.24, 2.45) is 0 Å². The highest BCUT2D eigenvalue weighted by Gasteiger charge is 2.07. The quantitative estimate of drug-likeness (QED) is 0.759. The number of rotatable bonds is 4. The van der Waals surface area contributed by atoms with E-state index in [1.807, 2.05) is 0 Å². The average molecular weight is 242 g/mol. The lowest BCUT2D eigenvalue weighted by molar-refractivity contribution is -0.120. The molecular formula is C10H12ClN3O2. The second-order valence-electron chi connectivity index (χ2n) is 3.02. The van der Waals surface area contributed by atoms with Crippen molar-refractivity contribution in [1.82, 2.24) is 15.6 Å². The molecule has 0 unspecified atom stereocenters. The Morgan fingerprint density at radius 1 is 1.44 bits per heavy atom. The third-order valence-corrected chi connectivity index (χ3v) is 2.07. The molecule has 0 bridgehead atoms. The van der Waals surface area contributed by atoms with Crippen molar-refractivity contribution < 1.29 is 9.59 Å². The van der Waals surface area contributed by atoms with E-state index in [1.54, 1.807) is 25.2 Å². The van der Waals surface area contributed by atoms with Crippen molar-refractivity contribution in [1.29, 1.82) is 0 Å². The summed E-state index contributed by atoms with van der Waals surface area (Å²) >= 11 is 5.64. The van der Waals surface area contributed by atoms with Gasteiger partial charge in [-0.15, -0.1) is 0 Å². The lowest BCUT2D eigenvalue weighted by Gasteiger charge is -2.03. The summed E-state index contributed by atoms with van der Waals surface area (Å²) in [6.07, 6.45) is 0.239. The maximum Gasteiger partial charge on any atom is 0.269 e. The van der Waals surface area contributed by atoms with E-state index >= 15 is 0 Å². The number of carbonyl (C=O) groups is 2. The molecule has 0 aliphatic heterocycles. The van der Waals surface area contributed by atoms with Crippen molar-refractivity contribution >= 4 is 23.4 Å². The number of aromatic nitrogens is 1. The molecule has 0 spiro atoms. The van der Waals surface area contributed by atoms with Gasteiger partial charge < -0.3 is 10.6 Å². The van der Waals surface area contributed by atoms with Crippen LogP contribution in [0.25, 0.3) is 0 Å². The third-order valence-electron chi connectivity index (χ3n) is 1.86. The standard InChI is InChI=1S/C10H12ClN3O2/c1-12-9(15)5-6-13-10(16)7-3-2-4-8(11)14-7/h2-4H,5-6H2,1H3,(H,12,15)(H,13,16). The molecule has 1 aromatic heterocycles. The Kier molecular flexibility index (Phi) is 4.72. The first-order valence-electron chi connectivity index (χ1n) is 4.75. The molecule has 1 heterocycles. The Balaban J connectivity index is 2.44. The van der Waals surface area contributed by atoms with Crippen LogP contribution in [-0.2, 0) is 4.79 Å². The summed E-state index contributed by atoms with van der Waals surface area (Å²) in [4.78, 5) is 26.2. The molecule has 1 aromatic rings. The van der Waals surface area contributed by atoms with Crippen LogP contribution < -0.4 is 10.6 Å². The molecule has 0 radical (unpaired) electrons. The first-order valence-corrected chi connectivity index (χ1v) is 5.12. The molecule has 5 nitrogen and oxygen atoms in total. The monoisotopic (exact) mass is 241 g/mol. The van der Waals surface area contributed by atoms with Gasteiger partial charge in [-0.05, 0) is 12.1 Å². The number of carbonyl (C=O) groups excluding carboxylic acids is 2. The van der Waals surface area contributed by atoms with Gasteiger partial charge in [-0.1, -0.05) is 17.7 Å². The van der Waals surface area contributed by atoms with Crippen LogP contribution in [0.5, 0.6) is 0 Å². The predicted octanol–water partition coefficient (Wildman–Crippen LogP) is 0.601. The Hall–Kier alpha value is -1.62. The molecular weight excluding hydrogens is 230 g/mol. The summed E-state index contributed by atoms with van der Waals surface area (Å²) in [5, 5.41) is 5.29. The van der Waals surface area contributed by atoms with Crippen LogP contribution in [0, 0.1) is 0 Å². The summed E-state index contributed by atoms with van der Waals surface area (Å²) in [5.41, 5.74) is 0.240. The van der Waals surface area contributed by atoms with Gasteiger partial charge >= 0.3 is 0 Å².